The average Bonchev–Trinajstić information content (AvgIpc) is 2.29. The number of nitrogens with zero attached hydrogens (tertiary/aromatic N) is 1. The van der Waals surface area contributed by atoms with Crippen LogP contribution in [0.25, 0.3) is 0 Å². The van der Waals surface area contributed by atoms with Gasteiger partial charge in [0.25, 0.3) is 0 Å². The molecule has 0 aliphatic rings. The van der Waals surface area contributed by atoms with E-state index in [9.17, 15) is 4.79 Å². The molecule has 1 rings (SSSR count). The molecule has 2 heteroatoms. The van der Waals surface area contributed by atoms with Gasteiger partial charge in [-0.25, -0.2) is 9.79 Å². The van der Waals surface area contributed by atoms with Crippen LogP contribution >= 0.6 is 0 Å². The summed E-state index contributed by atoms with van der Waals surface area (Å²) in [5.41, 5.74) is 2.60. The molecule has 1 atom stereocenters. The van der Waals surface area contributed by atoms with Gasteiger partial charge >= 0.3 is 0 Å². The standard InChI is InChI=1S/C15H21NO/c1-11(2)13-5-7-14(8-6-13)15(12(3)4)9-16-10-17/h5-8,11-12,15H,9H2,1-4H3. The van der Waals surface area contributed by atoms with Crippen molar-refractivity contribution in [2.24, 2.45) is 10.9 Å². The molecule has 0 aromatic heterocycles. The van der Waals surface area contributed by atoms with Crippen LogP contribution in [0.3, 0.4) is 0 Å². The number of rotatable bonds is 5. The van der Waals surface area contributed by atoms with Gasteiger partial charge in [0.05, 0.1) is 6.54 Å². The molecule has 0 fully saturated rings. The molecule has 1 unspecified atom stereocenters. The molecule has 92 valence electrons. The molecule has 1 aromatic carbocycles. The maximum Gasteiger partial charge on any atom is 0.234 e. The van der Waals surface area contributed by atoms with Crippen LogP contribution in [0.2, 0.25) is 0 Å². The van der Waals surface area contributed by atoms with Crippen LogP contribution in [0.1, 0.15) is 50.7 Å². The van der Waals surface area contributed by atoms with Gasteiger partial charge < -0.3 is 0 Å². The number of isocyanates is 1. The first-order valence-electron chi connectivity index (χ1n) is 6.19. The monoisotopic (exact) mass is 231 g/mol. The fourth-order valence-corrected chi connectivity index (χ4v) is 1.96. The Morgan fingerprint density at radius 1 is 1.06 bits per heavy atom. The van der Waals surface area contributed by atoms with Crippen molar-refractivity contribution in [3.05, 3.63) is 35.4 Å². The van der Waals surface area contributed by atoms with Gasteiger partial charge in [-0.1, -0.05) is 52.0 Å². The van der Waals surface area contributed by atoms with Crippen molar-refractivity contribution < 1.29 is 4.79 Å². The molecule has 0 amide bonds. The van der Waals surface area contributed by atoms with Gasteiger partial charge in [-0.05, 0) is 23.0 Å². The largest absolute Gasteiger partial charge is 0.234 e. The fraction of sp³-hybridized carbons (Fsp3) is 0.533. The topological polar surface area (TPSA) is 29.4 Å². The van der Waals surface area contributed by atoms with Crippen molar-refractivity contribution >= 4 is 6.08 Å². The number of hydrogen-bond acceptors (Lipinski definition) is 2. The molecule has 0 N–H and O–H groups in total. The summed E-state index contributed by atoms with van der Waals surface area (Å²) in [6.07, 6.45) is 1.63. The summed E-state index contributed by atoms with van der Waals surface area (Å²) in [6, 6.07) is 8.64. The number of carbonyl (C=O) groups excluding carboxylic acids is 1. The zero-order valence-corrected chi connectivity index (χ0v) is 11.1. The number of benzene rings is 1. The van der Waals surface area contributed by atoms with Crippen LogP contribution in [0.4, 0.5) is 0 Å². The maximum absolute atomic E-state index is 10.2. The van der Waals surface area contributed by atoms with E-state index in [0.29, 0.717) is 24.3 Å². The van der Waals surface area contributed by atoms with Crippen LogP contribution in [-0.2, 0) is 4.79 Å². The molecule has 2 nitrogen and oxygen atoms in total. The lowest BCUT2D eigenvalue weighted by atomic mass is 9.87. The highest BCUT2D eigenvalue weighted by atomic mass is 16.1. The van der Waals surface area contributed by atoms with Gasteiger partial charge in [0.2, 0.25) is 6.08 Å². The van der Waals surface area contributed by atoms with Crippen molar-refractivity contribution in [3.63, 3.8) is 0 Å². The highest BCUT2D eigenvalue weighted by Gasteiger charge is 2.15. The summed E-state index contributed by atoms with van der Waals surface area (Å²) >= 11 is 0. The molecule has 0 radical (unpaired) electrons. The third kappa shape index (κ3) is 3.83. The maximum atomic E-state index is 10.2. The molecule has 0 aliphatic heterocycles. The Kier molecular flexibility index (Phi) is 5.11. The lowest BCUT2D eigenvalue weighted by molar-refractivity contribution is 0.502. The number of hydrogen-bond donors (Lipinski definition) is 0. The quantitative estimate of drug-likeness (QED) is 0.558. The van der Waals surface area contributed by atoms with Gasteiger partial charge in [-0.2, -0.15) is 0 Å². The van der Waals surface area contributed by atoms with Gasteiger partial charge in [0.1, 0.15) is 0 Å². The second-order valence-corrected chi connectivity index (χ2v) is 5.10. The lowest BCUT2D eigenvalue weighted by Crippen LogP contribution is -2.10. The SMILES string of the molecule is CC(C)c1ccc(C(CN=C=O)C(C)C)cc1. The first kappa shape index (κ1) is 13.7. The van der Waals surface area contributed by atoms with Crippen LogP contribution in [0.15, 0.2) is 29.3 Å². The fourth-order valence-electron chi connectivity index (χ4n) is 1.96. The molecule has 0 aliphatic carbocycles. The predicted octanol–water partition coefficient (Wildman–Crippen LogP) is 3.89. The van der Waals surface area contributed by atoms with Crippen molar-refractivity contribution in [2.45, 2.75) is 39.5 Å². The van der Waals surface area contributed by atoms with Crippen molar-refractivity contribution in [3.8, 4) is 0 Å². The van der Waals surface area contributed by atoms with Crippen molar-refractivity contribution in [1.82, 2.24) is 0 Å². The minimum atomic E-state index is 0.303. The summed E-state index contributed by atoms with van der Waals surface area (Å²) in [5, 5.41) is 0. The van der Waals surface area contributed by atoms with Gasteiger partial charge in [-0.3, -0.25) is 0 Å². The molecule has 0 spiro atoms. The third-order valence-electron chi connectivity index (χ3n) is 3.19. The van der Waals surface area contributed by atoms with E-state index < -0.39 is 0 Å². The molecule has 0 saturated heterocycles. The zero-order chi connectivity index (χ0) is 12.8. The van der Waals surface area contributed by atoms with E-state index in [1.54, 1.807) is 6.08 Å². The minimum absolute atomic E-state index is 0.303. The first-order valence-corrected chi connectivity index (χ1v) is 6.19. The molecule has 0 bridgehead atoms. The van der Waals surface area contributed by atoms with Crippen LogP contribution < -0.4 is 0 Å². The Balaban J connectivity index is 2.91. The molecule has 0 saturated carbocycles. The number of aliphatic imine (C=N–C) groups is 1. The van der Waals surface area contributed by atoms with E-state index in [4.69, 9.17) is 0 Å². The Morgan fingerprint density at radius 2 is 1.59 bits per heavy atom. The van der Waals surface area contributed by atoms with Gasteiger partial charge in [-0.15, -0.1) is 0 Å². The Morgan fingerprint density at radius 3 is 2.00 bits per heavy atom. The first-order chi connectivity index (χ1) is 8.06. The highest BCUT2D eigenvalue weighted by Crippen LogP contribution is 2.26. The van der Waals surface area contributed by atoms with Crippen molar-refractivity contribution in [1.29, 1.82) is 0 Å². The Bertz CT molecular complexity index is 386. The highest BCUT2D eigenvalue weighted by molar-refractivity contribution is 5.34. The van der Waals surface area contributed by atoms with E-state index in [1.165, 1.54) is 11.1 Å². The third-order valence-corrected chi connectivity index (χ3v) is 3.19. The Labute approximate surface area is 104 Å². The summed E-state index contributed by atoms with van der Waals surface area (Å²) in [4.78, 5) is 13.9. The van der Waals surface area contributed by atoms with E-state index in [2.05, 4.69) is 57.0 Å². The second kappa shape index (κ2) is 6.36. The van der Waals surface area contributed by atoms with Crippen LogP contribution in [0.5, 0.6) is 0 Å². The van der Waals surface area contributed by atoms with E-state index >= 15 is 0 Å². The smallest absolute Gasteiger partial charge is 0.211 e. The summed E-state index contributed by atoms with van der Waals surface area (Å²) in [7, 11) is 0. The normalized spacial score (nSPS) is 12.6. The molecular weight excluding hydrogens is 210 g/mol. The Hall–Kier alpha value is -1.40. The molecule has 17 heavy (non-hydrogen) atoms. The zero-order valence-electron chi connectivity index (χ0n) is 11.1. The second-order valence-electron chi connectivity index (χ2n) is 5.10. The van der Waals surface area contributed by atoms with Crippen molar-refractivity contribution in [2.75, 3.05) is 6.54 Å². The molecule has 1 aromatic rings. The minimum Gasteiger partial charge on any atom is -0.211 e. The predicted molar refractivity (Wildman–Crippen MR) is 71.1 cm³/mol. The molecular formula is C15H21NO. The van der Waals surface area contributed by atoms with Gasteiger partial charge in [0.15, 0.2) is 0 Å². The summed E-state index contributed by atoms with van der Waals surface area (Å²) in [5.74, 6) is 1.32. The van der Waals surface area contributed by atoms with Crippen LogP contribution in [0, 0.1) is 5.92 Å². The summed E-state index contributed by atoms with van der Waals surface area (Å²) < 4.78 is 0. The molecule has 0 heterocycles. The summed E-state index contributed by atoms with van der Waals surface area (Å²) in [6.45, 7) is 9.21. The van der Waals surface area contributed by atoms with Crippen LogP contribution in [-0.4, -0.2) is 12.6 Å². The van der Waals surface area contributed by atoms with E-state index in [0.717, 1.165) is 0 Å². The van der Waals surface area contributed by atoms with Gasteiger partial charge in [0, 0.05) is 5.92 Å². The lowest BCUT2D eigenvalue weighted by Gasteiger charge is -2.19. The van der Waals surface area contributed by atoms with E-state index in [1.807, 2.05) is 0 Å². The van der Waals surface area contributed by atoms with E-state index in [-0.39, 0.29) is 0 Å². The average molecular weight is 231 g/mol.